The van der Waals surface area contributed by atoms with Crippen molar-refractivity contribution in [2.24, 2.45) is 0 Å². The molecule has 1 amide bonds. The monoisotopic (exact) mass is 357 g/mol. The predicted octanol–water partition coefficient (Wildman–Crippen LogP) is 1.30. The Morgan fingerprint density at radius 3 is 2.50 bits per heavy atom. The molecule has 0 radical (unpaired) electrons. The minimum Gasteiger partial charge on any atom is -0.454 e. The lowest BCUT2D eigenvalue weighted by Gasteiger charge is -2.25. The van der Waals surface area contributed by atoms with Gasteiger partial charge in [-0.1, -0.05) is 6.07 Å². The molecule has 1 N–H and O–H groups in total. The van der Waals surface area contributed by atoms with Gasteiger partial charge in [0.15, 0.2) is 11.5 Å². The number of hydrogen-bond donors (Lipinski definition) is 1. The molecule has 0 fully saturated rings. The van der Waals surface area contributed by atoms with Gasteiger partial charge in [0.1, 0.15) is 0 Å². The first-order chi connectivity index (χ1) is 12.5. The molecule has 8 nitrogen and oxygen atoms in total. The van der Waals surface area contributed by atoms with Crippen LogP contribution in [0.5, 0.6) is 11.5 Å². The Balaban J connectivity index is 1.68. The Kier molecular flexibility index (Phi) is 5.22. The van der Waals surface area contributed by atoms with Crippen molar-refractivity contribution in [1.82, 2.24) is 20.2 Å². The van der Waals surface area contributed by atoms with Crippen LogP contribution in [0.15, 0.2) is 30.6 Å². The molecule has 0 aliphatic carbocycles. The number of rotatable bonds is 6. The molecule has 1 atom stereocenters. The first-order valence-corrected chi connectivity index (χ1v) is 8.29. The number of carbonyl (C=O) groups excluding carboxylic acids is 1. The van der Waals surface area contributed by atoms with Crippen LogP contribution in [0.25, 0.3) is 0 Å². The Labute approximate surface area is 152 Å². The van der Waals surface area contributed by atoms with E-state index in [1.165, 1.54) is 12.4 Å². The van der Waals surface area contributed by atoms with E-state index in [4.69, 9.17) is 9.47 Å². The number of ether oxygens (including phenoxy) is 2. The highest BCUT2D eigenvalue weighted by molar-refractivity contribution is 5.93. The van der Waals surface area contributed by atoms with Crippen molar-refractivity contribution < 1.29 is 14.3 Å². The van der Waals surface area contributed by atoms with Crippen molar-refractivity contribution in [3.05, 3.63) is 41.7 Å². The number of aromatic nitrogens is 2. The second-order valence-electron chi connectivity index (χ2n) is 6.47. The first kappa shape index (κ1) is 17.9. The van der Waals surface area contributed by atoms with Crippen molar-refractivity contribution in [2.75, 3.05) is 46.4 Å². The first-order valence-electron chi connectivity index (χ1n) is 8.29. The van der Waals surface area contributed by atoms with E-state index in [-0.39, 0.29) is 18.7 Å². The van der Waals surface area contributed by atoms with E-state index in [0.29, 0.717) is 18.1 Å². The summed E-state index contributed by atoms with van der Waals surface area (Å²) in [4.78, 5) is 24.6. The fourth-order valence-electron chi connectivity index (χ4n) is 2.68. The lowest BCUT2D eigenvalue weighted by Crippen LogP contribution is -2.34. The maximum atomic E-state index is 12.4. The predicted molar refractivity (Wildman–Crippen MR) is 97.7 cm³/mol. The zero-order chi connectivity index (χ0) is 18.7. The van der Waals surface area contributed by atoms with Gasteiger partial charge in [0.25, 0.3) is 5.91 Å². The van der Waals surface area contributed by atoms with Gasteiger partial charge < -0.3 is 24.6 Å². The molecule has 1 aliphatic rings. The van der Waals surface area contributed by atoms with E-state index in [1.807, 2.05) is 51.3 Å². The lowest BCUT2D eigenvalue weighted by molar-refractivity contribution is 0.0941. The number of nitrogens with zero attached hydrogens (tertiary/aromatic N) is 4. The van der Waals surface area contributed by atoms with Gasteiger partial charge >= 0.3 is 0 Å². The Hall–Kier alpha value is -2.87. The van der Waals surface area contributed by atoms with Crippen LogP contribution in [0.2, 0.25) is 0 Å². The highest BCUT2D eigenvalue weighted by atomic mass is 16.7. The van der Waals surface area contributed by atoms with Crippen LogP contribution in [-0.2, 0) is 0 Å². The second kappa shape index (κ2) is 7.57. The third kappa shape index (κ3) is 3.85. The summed E-state index contributed by atoms with van der Waals surface area (Å²) in [6.07, 6.45) is 3.06. The van der Waals surface area contributed by atoms with Gasteiger partial charge in [0.2, 0.25) is 12.7 Å². The largest absolute Gasteiger partial charge is 0.454 e. The van der Waals surface area contributed by atoms with E-state index >= 15 is 0 Å². The molecule has 0 spiro atoms. The second-order valence-corrected chi connectivity index (χ2v) is 6.47. The van der Waals surface area contributed by atoms with Crippen LogP contribution in [0.3, 0.4) is 0 Å². The van der Waals surface area contributed by atoms with Gasteiger partial charge in [-0.05, 0) is 31.8 Å². The van der Waals surface area contributed by atoms with Crippen molar-refractivity contribution in [1.29, 1.82) is 0 Å². The van der Waals surface area contributed by atoms with Gasteiger partial charge in [0, 0.05) is 33.0 Å². The molecule has 8 heteroatoms. The highest BCUT2D eigenvalue weighted by Crippen LogP contribution is 2.34. The number of amides is 1. The number of hydrogen-bond acceptors (Lipinski definition) is 7. The van der Waals surface area contributed by atoms with E-state index < -0.39 is 0 Å². The Morgan fingerprint density at radius 1 is 1.15 bits per heavy atom. The van der Waals surface area contributed by atoms with Crippen LogP contribution in [0.4, 0.5) is 5.95 Å². The maximum absolute atomic E-state index is 12.4. The van der Waals surface area contributed by atoms with Gasteiger partial charge in [-0.2, -0.15) is 0 Å². The number of likely N-dealkylation sites (N-methyl/N-ethyl adjacent to an activating group) is 1. The summed E-state index contributed by atoms with van der Waals surface area (Å²) >= 11 is 0. The molecular weight excluding hydrogens is 334 g/mol. The van der Waals surface area contributed by atoms with Crippen LogP contribution in [0, 0.1) is 0 Å². The molecule has 1 aromatic heterocycles. The summed E-state index contributed by atoms with van der Waals surface area (Å²) in [6.45, 7) is 0.687. The number of nitrogens with one attached hydrogen (secondary N) is 1. The molecule has 0 saturated heterocycles. The quantitative estimate of drug-likeness (QED) is 0.835. The molecule has 138 valence electrons. The smallest absolute Gasteiger partial charge is 0.254 e. The van der Waals surface area contributed by atoms with E-state index in [2.05, 4.69) is 15.3 Å². The van der Waals surface area contributed by atoms with Crippen LogP contribution >= 0.6 is 0 Å². The summed E-state index contributed by atoms with van der Waals surface area (Å²) in [5.41, 5.74) is 1.47. The fraction of sp³-hybridized carbons (Fsp3) is 0.389. The van der Waals surface area contributed by atoms with Gasteiger partial charge in [-0.25, -0.2) is 9.97 Å². The fourth-order valence-corrected chi connectivity index (χ4v) is 2.68. The minimum absolute atomic E-state index is 0.00424. The van der Waals surface area contributed by atoms with Crippen LogP contribution in [-0.4, -0.2) is 62.3 Å². The summed E-state index contributed by atoms with van der Waals surface area (Å²) in [5, 5.41) is 2.95. The summed E-state index contributed by atoms with van der Waals surface area (Å²) in [7, 11) is 7.64. The molecule has 2 aromatic rings. The number of fused-ring (bicyclic) bond motifs is 1. The summed E-state index contributed by atoms with van der Waals surface area (Å²) < 4.78 is 10.8. The minimum atomic E-state index is -0.206. The normalized spacial score (nSPS) is 13.6. The molecule has 26 heavy (non-hydrogen) atoms. The maximum Gasteiger partial charge on any atom is 0.254 e. The van der Waals surface area contributed by atoms with Gasteiger partial charge in [0.05, 0.1) is 11.6 Å². The third-order valence-corrected chi connectivity index (χ3v) is 4.16. The molecule has 3 rings (SSSR count). The van der Waals surface area contributed by atoms with Crippen molar-refractivity contribution in [3.8, 4) is 11.5 Å². The summed E-state index contributed by atoms with van der Waals surface area (Å²) in [6, 6.07) is 5.83. The van der Waals surface area contributed by atoms with Gasteiger partial charge in [-0.15, -0.1) is 0 Å². The van der Waals surface area contributed by atoms with Crippen molar-refractivity contribution in [2.45, 2.75) is 6.04 Å². The molecular formula is C18H23N5O3. The van der Waals surface area contributed by atoms with E-state index in [1.54, 1.807) is 4.90 Å². The lowest BCUT2D eigenvalue weighted by atomic mass is 10.0. The zero-order valence-corrected chi connectivity index (χ0v) is 15.4. The average Bonchev–Trinajstić information content (AvgIpc) is 3.09. The van der Waals surface area contributed by atoms with Crippen molar-refractivity contribution >= 4 is 11.9 Å². The summed E-state index contributed by atoms with van der Waals surface area (Å²) in [5.74, 6) is 1.83. The standard InChI is InChI=1S/C18H23N5O3/c1-22(2)14(12-5-6-15-16(7-12)26-11-25-15)10-19-17(24)13-8-20-18(21-9-13)23(3)4/h5-9,14H,10-11H2,1-4H3,(H,19,24)/t14-/m1/s1. The highest BCUT2D eigenvalue weighted by Gasteiger charge is 2.20. The van der Waals surface area contributed by atoms with E-state index in [0.717, 1.165) is 17.1 Å². The van der Waals surface area contributed by atoms with E-state index in [9.17, 15) is 4.79 Å². The third-order valence-electron chi connectivity index (χ3n) is 4.16. The van der Waals surface area contributed by atoms with Crippen LogP contribution < -0.4 is 19.7 Å². The van der Waals surface area contributed by atoms with Crippen molar-refractivity contribution in [3.63, 3.8) is 0 Å². The Bertz CT molecular complexity index is 777. The van der Waals surface area contributed by atoms with Gasteiger partial charge in [-0.3, -0.25) is 4.79 Å². The Morgan fingerprint density at radius 2 is 1.85 bits per heavy atom. The van der Waals surface area contributed by atoms with Crippen LogP contribution in [0.1, 0.15) is 22.0 Å². The molecule has 1 aromatic carbocycles. The molecule has 0 unspecified atom stereocenters. The average molecular weight is 357 g/mol. The molecule has 2 heterocycles. The number of carbonyl (C=O) groups is 1. The number of benzene rings is 1. The molecule has 0 saturated carbocycles. The molecule has 1 aliphatic heterocycles. The SMILES string of the molecule is CN(C)c1ncc(C(=O)NC[C@H](c2ccc3c(c2)OCO3)N(C)C)cn1. The zero-order valence-electron chi connectivity index (χ0n) is 15.4. The topological polar surface area (TPSA) is 79.8 Å². The molecule has 0 bridgehead atoms. The number of anilines is 1.